The van der Waals surface area contributed by atoms with Crippen LogP contribution < -0.4 is 4.74 Å². The molecule has 0 spiro atoms. The lowest BCUT2D eigenvalue weighted by molar-refractivity contribution is -0.461. The Hall–Kier alpha value is -2.86. The predicted molar refractivity (Wildman–Crippen MR) is 175 cm³/mol. The summed E-state index contributed by atoms with van der Waals surface area (Å²) in [7, 11) is -2.68. The van der Waals surface area contributed by atoms with Gasteiger partial charge in [-0.3, -0.25) is 0 Å². The lowest BCUT2D eigenvalue weighted by Gasteiger charge is -2.44. The fraction of sp³-hybridized carbons (Fsp3) is 0.735. The zero-order valence-corrected chi connectivity index (χ0v) is 33.1. The number of halogens is 17. The standard InChI is InChI=1S/C34H43F17O6Si/c1-9-55-26(53)21(7)20(6)25(54-8)24(52)22-10-12-23(13-11-22)56-15-16-57-58(18(2)3,19(4)5)17-14-27(35,36)28(37,38)29(39,40)30(41,42)31(43,44)32(45,46)33(47,48)34(49,50)51/h10-13,18-19,24-25,52H,9,14-17H2,1-8H3/b21-20+/t24-,25-/m1/s1. The van der Waals surface area contributed by atoms with Crippen molar-refractivity contribution in [3.05, 3.63) is 41.0 Å². The van der Waals surface area contributed by atoms with E-state index in [9.17, 15) is 84.5 Å². The Labute approximate surface area is 323 Å². The van der Waals surface area contributed by atoms with Crippen molar-refractivity contribution < 1.29 is 103 Å². The van der Waals surface area contributed by atoms with E-state index in [-0.39, 0.29) is 23.5 Å². The molecule has 0 saturated heterocycles. The highest BCUT2D eigenvalue weighted by molar-refractivity contribution is 6.76. The molecule has 0 aliphatic heterocycles. The number of esters is 1. The second-order valence-corrected chi connectivity index (χ2v) is 18.8. The van der Waals surface area contributed by atoms with Crippen LogP contribution in [0, 0.1) is 0 Å². The third kappa shape index (κ3) is 9.68. The van der Waals surface area contributed by atoms with E-state index in [0.717, 1.165) is 0 Å². The van der Waals surface area contributed by atoms with Crippen molar-refractivity contribution in [2.75, 3.05) is 26.9 Å². The Bertz CT molecular complexity index is 1540. The summed E-state index contributed by atoms with van der Waals surface area (Å²) in [4.78, 5) is 12.1. The first-order valence-corrected chi connectivity index (χ1v) is 19.4. The highest BCUT2D eigenvalue weighted by Gasteiger charge is 2.95. The molecule has 0 bridgehead atoms. The van der Waals surface area contributed by atoms with Crippen molar-refractivity contribution in [1.29, 1.82) is 0 Å². The van der Waals surface area contributed by atoms with Gasteiger partial charge in [0.15, 0.2) is 8.32 Å². The highest BCUT2D eigenvalue weighted by Crippen LogP contribution is 2.64. The molecule has 1 aromatic rings. The first-order chi connectivity index (χ1) is 25.9. The minimum absolute atomic E-state index is 0.101. The maximum absolute atomic E-state index is 14.9. The van der Waals surface area contributed by atoms with Gasteiger partial charge in [0, 0.05) is 19.1 Å². The third-order valence-electron chi connectivity index (χ3n) is 9.66. The summed E-state index contributed by atoms with van der Waals surface area (Å²) in [6.07, 6.45) is -12.7. The lowest BCUT2D eigenvalue weighted by Crippen LogP contribution is -2.74. The second-order valence-electron chi connectivity index (χ2n) is 13.8. The molecular weight excluding hydrogens is 855 g/mol. The highest BCUT2D eigenvalue weighted by atomic mass is 28.4. The summed E-state index contributed by atoms with van der Waals surface area (Å²) >= 11 is 0. The fourth-order valence-electron chi connectivity index (χ4n) is 5.84. The van der Waals surface area contributed by atoms with E-state index in [2.05, 4.69) is 0 Å². The molecule has 58 heavy (non-hydrogen) atoms. The van der Waals surface area contributed by atoms with Gasteiger partial charge in [0.1, 0.15) is 24.6 Å². The van der Waals surface area contributed by atoms with Gasteiger partial charge < -0.3 is 23.7 Å². The van der Waals surface area contributed by atoms with E-state index in [1.165, 1.54) is 66.0 Å². The average Bonchev–Trinajstić information content (AvgIpc) is 3.10. The number of benzene rings is 1. The number of ether oxygens (including phenoxy) is 3. The SMILES string of the molecule is CCOC(=O)/C(C)=C(\C)[C@@H](OC)[C@H](O)c1ccc(OCCO[Si](CCC(F)(F)C(F)(F)C(F)(F)C(F)(F)C(F)(F)C(F)(F)C(F)(F)C(F)(F)F)(C(C)C)C(C)C)cc1. The molecule has 0 aliphatic rings. The summed E-state index contributed by atoms with van der Waals surface area (Å²) in [5.74, 6) is -57.2. The molecule has 0 amide bonds. The van der Waals surface area contributed by atoms with Crippen LogP contribution in [0.5, 0.6) is 5.75 Å². The predicted octanol–water partition coefficient (Wildman–Crippen LogP) is 11.2. The molecule has 0 unspecified atom stereocenters. The molecule has 338 valence electrons. The zero-order chi connectivity index (χ0) is 45.9. The van der Waals surface area contributed by atoms with Crippen LogP contribution in [0.1, 0.15) is 66.6 Å². The quantitative estimate of drug-likeness (QED) is 0.0411. The maximum Gasteiger partial charge on any atom is 0.460 e. The van der Waals surface area contributed by atoms with Crippen molar-refractivity contribution in [3.63, 3.8) is 0 Å². The Morgan fingerprint density at radius 1 is 0.690 bits per heavy atom. The summed E-state index contributed by atoms with van der Waals surface area (Å²) < 4.78 is 256. The van der Waals surface area contributed by atoms with Gasteiger partial charge in [-0.05, 0) is 61.2 Å². The van der Waals surface area contributed by atoms with Gasteiger partial charge >= 0.3 is 53.6 Å². The number of carbonyl (C=O) groups excluding carboxylic acids is 1. The molecule has 24 heteroatoms. The van der Waals surface area contributed by atoms with Crippen LogP contribution in [-0.4, -0.2) is 100 Å². The normalized spacial score (nSPS) is 16.1. The molecule has 1 N–H and O–H groups in total. The molecule has 0 saturated carbocycles. The molecule has 0 heterocycles. The van der Waals surface area contributed by atoms with E-state index in [4.69, 9.17) is 18.6 Å². The average molecular weight is 899 g/mol. The van der Waals surface area contributed by atoms with Gasteiger partial charge in [-0.1, -0.05) is 39.8 Å². The minimum atomic E-state index is -8.69. The van der Waals surface area contributed by atoms with Crippen molar-refractivity contribution >= 4 is 14.3 Å². The summed E-state index contributed by atoms with van der Waals surface area (Å²) in [6, 6.07) is 4.21. The molecule has 6 nitrogen and oxygen atoms in total. The molecule has 1 aromatic carbocycles. The summed E-state index contributed by atoms with van der Waals surface area (Å²) in [5.41, 5.74) is -0.898. The van der Waals surface area contributed by atoms with E-state index in [0.29, 0.717) is 5.57 Å². The van der Waals surface area contributed by atoms with Crippen molar-refractivity contribution in [1.82, 2.24) is 0 Å². The zero-order valence-electron chi connectivity index (χ0n) is 32.1. The van der Waals surface area contributed by atoms with Crippen LogP contribution in [0.15, 0.2) is 35.4 Å². The Morgan fingerprint density at radius 2 is 1.12 bits per heavy atom. The van der Waals surface area contributed by atoms with Crippen LogP contribution in [0.3, 0.4) is 0 Å². The number of hydrogen-bond donors (Lipinski definition) is 1. The third-order valence-corrected chi connectivity index (χ3v) is 15.3. The van der Waals surface area contributed by atoms with Crippen LogP contribution in [0.4, 0.5) is 74.6 Å². The number of hydrogen-bond acceptors (Lipinski definition) is 6. The van der Waals surface area contributed by atoms with Crippen molar-refractivity contribution in [2.45, 2.75) is 132 Å². The largest absolute Gasteiger partial charge is 0.491 e. The van der Waals surface area contributed by atoms with Crippen LogP contribution in [0.25, 0.3) is 0 Å². The van der Waals surface area contributed by atoms with Gasteiger partial charge in [0.05, 0.1) is 13.2 Å². The van der Waals surface area contributed by atoms with Gasteiger partial charge in [-0.15, -0.1) is 0 Å². The number of alkyl halides is 17. The summed E-state index contributed by atoms with van der Waals surface area (Å²) in [6.45, 7) is 9.07. The fourth-order valence-corrected chi connectivity index (χ4v) is 10.3. The smallest absolute Gasteiger partial charge is 0.460 e. The van der Waals surface area contributed by atoms with E-state index < -0.39 is 111 Å². The number of aliphatic hydroxyl groups excluding tert-OH is 1. The topological polar surface area (TPSA) is 74.2 Å². The van der Waals surface area contributed by atoms with E-state index in [1.54, 1.807) is 13.8 Å². The number of aliphatic hydroxyl groups is 1. The van der Waals surface area contributed by atoms with Crippen molar-refractivity contribution in [3.8, 4) is 5.75 Å². The summed E-state index contributed by atoms with van der Waals surface area (Å²) in [5, 5.41) is 10.9. The molecule has 2 atom stereocenters. The maximum atomic E-state index is 14.9. The molecule has 0 aliphatic carbocycles. The monoisotopic (exact) mass is 898 g/mol. The molecule has 0 fully saturated rings. The van der Waals surface area contributed by atoms with Gasteiger partial charge in [0.25, 0.3) is 0 Å². The molecule has 0 radical (unpaired) electrons. The Morgan fingerprint density at radius 3 is 1.52 bits per heavy atom. The molecule has 0 aromatic heterocycles. The molecular formula is C34H43F17O6Si. The van der Waals surface area contributed by atoms with Gasteiger partial charge in [0.2, 0.25) is 0 Å². The first-order valence-electron chi connectivity index (χ1n) is 17.1. The molecule has 1 rings (SSSR count). The Kier molecular flexibility index (Phi) is 16.9. The van der Waals surface area contributed by atoms with Crippen molar-refractivity contribution in [2.24, 2.45) is 0 Å². The number of methoxy groups -OCH3 is 1. The van der Waals surface area contributed by atoms with E-state index >= 15 is 0 Å². The number of carbonyl (C=O) groups is 1. The number of rotatable bonds is 22. The lowest BCUT2D eigenvalue weighted by atomic mass is 9.88. The Balaban J connectivity index is 3.27. The minimum Gasteiger partial charge on any atom is -0.491 e. The first kappa shape index (κ1) is 53.2. The van der Waals surface area contributed by atoms with Gasteiger partial charge in [-0.2, -0.15) is 74.6 Å². The second kappa shape index (κ2) is 18.4. The van der Waals surface area contributed by atoms with Gasteiger partial charge in [-0.25, -0.2) is 4.79 Å². The van der Waals surface area contributed by atoms with Crippen LogP contribution >= 0.6 is 0 Å². The van der Waals surface area contributed by atoms with E-state index in [1.807, 2.05) is 0 Å². The van der Waals surface area contributed by atoms with Crippen LogP contribution in [0.2, 0.25) is 17.1 Å². The van der Waals surface area contributed by atoms with Crippen LogP contribution in [-0.2, 0) is 18.7 Å².